The van der Waals surface area contributed by atoms with Crippen molar-refractivity contribution in [2.45, 2.75) is 30.8 Å². The summed E-state index contributed by atoms with van der Waals surface area (Å²) in [6.45, 7) is -0.337. The highest BCUT2D eigenvalue weighted by Crippen LogP contribution is 2.44. The lowest BCUT2D eigenvalue weighted by Crippen LogP contribution is -2.32. The van der Waals surface area contributed by atoms with Crippen molar-refractivity contribution in [3.05, 3.63) is 76.3 Å². The largest absolute Gasteiger partial charge is 0.448 e. The number of aliphatic hydroxyl groups excluding tert-OH is 2. The second kappa shape index (κ2) is 8.55. The van der Waals surface area contributed by atoms with E-state index < -0.39 is 30.1 Å². The van der Waals surface area contributed by atoms with Gasteiger partial charge in [-0.15, -0.1) is 0 Å². The van der Waals surface area contributed by atoms with Gasteiger partial charge >= 0.3 is 6.09 Å². The number of ether oxygens (including phenoxy) is 2. The van der Waals surface area contributed by atoms with Gasteiger partial charge in [-0.1, -0.05) is 48.5 Å². The van der Waals surface area contributed by atoms with Crippen LogP contribution in [0, 0.1) is 0 Å². The fraction of sp³-hybridized carbons (Fsp3) is 0.280. The topological polar surface area (TPSA) is 155 Å². The lowest BCUT2D eigenvalue weighted by Gasteiger charge is -2.16. The van der Waals surface area contributed by atoms with Crippen molar-refractivity contribution in [1.82, 2.24) is 19.1 Å². The van der Waals surface area contributed by atoms with Crippen LogP contribution in [0.15, 0.2) is 59.7 Å². The normalized spacial score (nSPS) is 21.0. The summed E-state index contributed by atoms with van der Waals surface area (Å²) in [5, 5.41) is 19.4. The first-order chi connectivity index (χ1) is 17.5. The molecule has 11 nitrogen and oxygen atoms in total. The Balaban J connectivity index is 1.28. The van der Waals surface area contributed by atoms with Crippen LogP contribution < -0.4 is 11.3 Å². The maximum atomic E-state index is 13.1. The average Bonchev–Trinajstić information content (AvgIpc) is 3.56. The van der Waals surface area contributed by atoms with Gasteiger partial charge in [0, 0.05) is 12.3 Å². The zero-order valence-corrected chi connectivity index (χ0v) is 19.0. The van der Waals surface area contributed by atoms with Crippen LogP contribution in [0.3, 0.4) is 0 Å². The molecule has 6 rings (SSSR count). The monoisotopic (exact) mass is 489 g/mol. The number of carbonyl (C=O) groups is 1. The number of carbonyl (C=O) groups excluding carboxylic acids is 1. The fourth-order valence-electron chi connectivity index (χ4n) is 5.08. The molecule has 4 aromatic rings. The molecule has 1 saturated heterocycles. The van der Waals surface area contributed by atoms with E-state index in [2.05, 4.69) is 9.97 Å². The Labute approximate surface area is 204 Å². The summed E-state index contributed by atoms with van der Waals surface area (Å²) in [7, 11) is 0. The van der Waals surface area contributed by atoms with Gasteiger partial charge in [0.25, 0.3) is 5.56 Å². The molecule has 0 radical (unpaired) electrons. The van der Waals surface area contributed by atoms with Crippen LogP contribution in [-0.4, -0.2) is 60.8 Å². The molecule has 0 spiro atoms. The second-order valence-corrected chi connectivity index (χ2v) is 8.85. The molecule has 184 valence electrons. The van der Waals surface area contributed by atoms with Gasteiger partial charge in [-0.05, 0) is 22.3 Å². The Kier molecular flexibility index (Phi) is 5.32. The van der Waals surface area contributed by atoms with Crippen molar-refractivity contribution in [2.24, 2.45) is 0 Å². The van der Waals surface area contributed by atoms with Crippen molar-refractivity contribution in [3.63, 3.8) is 0 Å². The van der Waals surface area contributed by atoms with Crippen LogP contribution in [-0.2, 0) is 9.47 Å². The first-order valence-corrected chi connectivity index (χ1v) is 11.5. The van der Waals surface area contributed by atoms with Gasteiger partial charge in [-0.2, -0.15) is 9.55 Å². The highest BCUT2D eigenvalue weighted by Gasteiger charge is 2.36. The van der Waals surface area contributed by atoms with Gasteiger partial charge in [0.05, 0.1) is 19.0 Å². The molecule has 2 aromatic heterocycles. The van der Waals surface area contributed by atoms with Gasteiger partial charge in [0.15, 0.2) is 11.2 Å². The average molecular weight is 489 g/mol. The van der Waals surface area contributed by atoms with Crippen LogP contribution in [0.4, 0.5) is 10.7 Å². The van der Waals surface area contributed by atoms with E-state index in [1.807, 2.05) is 48.5 Å². The van der Waals surface area contributed by atoms with Crippen LogP contribution in [0.5, 0.6) is 0 Å². The van der Waals surface area contributed by atoms with Crippen LogP contribution in [0.2, 0.25) is 0 Å². The number of nitrogen functional groups attached to an aromatic ring is 1. The van der Waals surface area contributed by atoms with Gasteiger partial charge in [0.1, 0.15) is 18.9 Å². The lowest BCUT2D eigenvalue weighted by molar-refractivity contribution is -0.0432. The molecule has 0 bridgehead atoms. The number of hydrogen-bond acceptors (Lipinski definition) is 9. The van der Waals surface area contributed by atoms with E-state index in [0.29, 0.717) is 4.57 Å². The molecule has 0 saturated carbocycles. The molecule has 0 amide bonds. The van der Waals surface area contributed by atoms with Gasteiger partial charge in [0.2, 0.25) is 5.95 Å². The van der Waals surface area contributed by atoms with E-state index in [9.17, 15) is 19.8 Å². The van der Waals surface area contributed by atoms with E-state index in [1.54, 1.807) is 0 Å². The second-order valence-electron chi connectivity index (χ2n) is 8.85. The maximum Gasteiger partial charge on any atom is 0.424 e. The molecule has 1 aliphatic carbocycles. The van der Waals surface area contributed by atoms with Gasteiger partial charge < -0.3 is 25.4 Å². The molecule has 36 heavy (non-hydrogen) atoms. The molecule has 11 heteroatoms. The van der Waals surface area contributed by atoms with Crippen molar-refractivity contribution < 1.29 is 24.5 Å². The zero-order chi connectivity index (χ0) is 25.0. The number of benzene rings is 2. The minimum Gasteiger partial charge on any atom is -0.448 e. The zero-order valence-electron chi connectivity index (χ0n) is 19.0. The quantitative estimate of drug-likeness (QED) is 0.388. The first kappa shape index (κ1) is 22.4. The molecular weight excluding hydrogens is 466 g/mol. The summed E-state index contributed by atoms with van der Waals surface area (Å²) in [4.78, 5) is 34.4. The molecule has 4 N–H and O–H groups in total. The van der Waals surface area contributed by atoms with Crippen molar-refractivity contribution in [3.8, 4) is 11.1 Å². The summed E-state index contributed by atoms with van der Waals surface area (Å²) >= 11 is 0. The molecule has 3 heterocycles. The summed E-state index contributed by atoms with van der Waals surface area (Å²) < 4.78 is 13.3. The van der Waals surface area contributed by atoms with Gasteiger partial charge in [-0.3, -0.25) is 9.36 Å². The van der Waals surface area contributed by atoms with E-state index in [-0.39, 0.29) is 42.7 Å². The third-order valence-electron chi connectivity index (χ3n) is 6.84. The Morgan fingerprint density at radius 3 is 2.44 bits per heavy atom. The Morgan fingerprint density at radius 1 is 1.14 bits per heavy atom. The summed E-state index contributed by atoms with van der Waals surface area (Å²) in [5.74, 6) is -0.539. The standard InChI is InChI=1S/C25H23N5O6/c26-24-28-22-21(27-12-29(22)20-9-18(32)19(10-31)36-20)23(33)30(24)25(34)35-11-17-15-7-3-1-5-13(15)14-6-2-4-8-16(14)17/h1-8,12,17-20,31-32H,9-11H2,(H2,26,28)/t18-,19+,20+/m0/s1. The van der Waals surface area contributed by atoms with E-state index in [0.717, 1.165) is 22.3 Å². The predicted molar refractivity (Wildman–Crippen MR) is 128 cm³/mol. The number of aliphatic hydroxyl groups is 2. The van der Waals surface area contributed by atoms with Crippen molar-refractivity contribution >= 4 is 23.2 Å². The Bertz CT molecular complexity index is 1500. The molecule has 1 aliphatic heterocycles. The van der Waals surface area contributed by atoms with Crippen molar-refractivity contribution in [1.29, 1.82) is 0 Å². The maximum absolute atomic E-state index is 13.1. The lowest BCUT2D eigenvalue weighted by atomic mass is 9.98. The van der Waals surface area contributed by atoms with E-state index in [1.165, 1.54) is 10.9 Å². The number of fused-ring (bicyclic) bond motifs is 4. The molecule has 2 aromatic carbocycles. The summed E-state index contributed by atoms with van der Waals surface area (Å²) in [5.41, 5.74) is 9.51. The van der Waals surface area contributed by atoms with Crippen molar-refractivity contribution in [2.75, 3.05) is 18.9 Å². The molecule has 1 fully saturated rings. The summed E-state index contributed by atoms with van der Waals surface area (Å²) in [6, 6.07) is 15.9. The number of imidazole rings is 1. The predicted octanol–water partition coefficient (Wildman–Crippen LogP) is 1.61. The fourth-order valence-corrected chi connectivity index (χ4v) is 5.08. The summed E-state index contributed by atoms with van der Waals surface area (Å²) in [6.07, 6.45) is -1.78. The van der Waals surface area contributed by atoms with E-state index >= 15 is 0 Å². The Morgan fingerprint density at radius 2 is 1.81 bits per heavy atom. The number of anilines is 1. The minimum absolute atomic E-state index is 0.0154. The number of nitrogens with zero attached hydrogens (tertiary/aromatic N) is 4. The smallest absolute Gasteiger partial charge is 0.424 e. The molecule has 3 atom stereocenters. The Hall–Kier alpha value is -4.06. The van der Waals surface area contributed by atoms with Crippen LogP contribution in [0.25, 0.3) is 22.3 Å². The highest BCUT2D eigenvalue weighted by molar-refractivity contribution is 5.81. The third kappa shape index (κ3) is 3.40. The van der Waals surface area contributed by atoms with Gasteiger partial charge in [-0.25, -0.2) is 9.78 Å². The minimum atomic E-state index is -0.948. The van der Waals surface area contributed by atoms with E-state index in [4.69, 9.17) is 15.2 Å². The third-order valence-corrected chi connectivity index (χ3v) is 6.84. The highest BCUT2D eigenvalue weighted by atomic mass is 16.6. The SMILES string of the molecule is Nc1nc2c(ncn2[C@H]2C[C@H](O)[C@@H](CO)O2)c(=O)n1C(=O)OCC1c2ccccc2-c2ccccc21. The van der Waals surface area contributed by atoms with Crippen LogP contribution >= 0.6 is 0 Å². The molecule has 2 aliphatic rings. The number of aromatic nitrogens is 4. The molecular formula is C25H23N5O6. The molecule has 0 unspecified atom stereocenters. The number of hydrogen-bond donors (Lipinski definition) is 3. The van der Waals surface area contributed by atoms with Crippen LogP contribution in [0.1, 0.15) is 29.7 Å². The number of nitrogens with two attached hydrogens (primary N) is 1. The number of rotatable bonds is 4. The first-order valence-electron chi connectivity index (χ1n) is 11.5.